The number of piperazine rings is 1. The molecule has 2 aromatic carbocycles. The number of carbonyl (C=O) groups excluding carboxylic acids is 1. The number of hydrogen-bond acceptors (Lipinski definition) is 4. The van der Waals surface area contributed by atoms with Gasteiger partial charge in [-0.05, 0) is 34.7 Å². The van der Waals surface area contributed by atoms with Crippen LogP contribution in [0.4, 0.5) is 0 Å². The molecule has 1 fully saturated rings. The standard InChI is InChI=1S/C26H32N4O2/c1-26(2,3)22-9-11-23(12-10-22)32-20-30-14-13-24(27-30)25(31)29-17-15-28(16-18-29)19-21-7-5-4-6-8-21/h4-14H,15-20H2,1-3H3. The Kier molecular flexibility index (Phi) is 6.61. The normalized spacial score (nSPS) is 15.0. The highest BCUT2D eigenvalue weighted by Crippen LogP contribution is 2.24. The summed E-state index contributed by atoms with van der Waals surface area (Å²) in [5.41, 5.74) is 3.15. The van der Waals surface area contributed by atoms with E-state index in [1.807, 2.05) is 23.1 Å². The molecule has 1 aliphatic heterocycles. The summed E-state index contributed by atoms with van der Waals surface area (Å²) in [6, 6.07) is 20.4. The average Bonchev–Trinajstić information content (AvgIpc) is 3.27. The zero-order valence-electron chi connectivity index (χ0n) is 19.2. The molecule has 4 rings (SSSR count). The molecule has 0 spiro atoms. The van der Waals surface area contributed by atoms with E-state index in [9.17, 15) is 4.79 Å². The van der Waals surface area contributed by atoms with Crippen LogP contribution in [0.5, 0.6) is 5.75 Å². The van der Waals surface area contributed by atoms with Gasteiger partial charge in [0.15, 0.2) is 12.4 Å². The Hall–Kier alpha value is -3.12. The van der Waals surface area contributed by atoms with Crippen LogP contribution in [0.25, 0.3) is 0 Å². The second-order valence-electron chi connectivity index (χ2n) is 9.34. The van der Waals surface area contributed by atoms with E-state index in [1.54, 1.807) is 16.9 Å². The summed E-state index contributed by atoms with van der Waals surface area (Å²) < 4.78 is 7.50. The molecular formula is C26H32N4O2. The van der Waals surface area contributed by atoms with E-state index in [-0.39, 0.29) is 18.1 Å². The molecule has 2 heterocycles. The van der Waals surface area contributed by atoms with E-state index >= 15 is 0 Å². The molecule has 168 valence electrons. The van der Waals surface area contributed by atoms with Gasteiger partial charge in [0.1, 0.15) is 5.75 Å². The number of amides is 1. The van der Waals surface area contributed by atoms with Gasteiger partial charge in [-0.15, -0.1) is 0 Å². The number of rotatable bonds is 6. The summed E-state index contributed by atoms with van der Waals surface area (Å²) in [6.07, 6.45) is 1.79. The van der Waals surface area contributed by atoms with Gasteiger partial charge in [-0.1, -0.05) is 63.2 Å². The van der Waals surface area contributed by atoms with Gasteiger partial charge in [-0.2, -0.15) is 5.10 Å². The third kappa shape index (κ3) is 5.56. The molecule has 0 N–H and O–H groups in total. The summed E-state index contributed by atoms with van der Waals surface area (Å²) in [4.78, 5) is 17.1. The van der Waals surface area contributed by atoms with E-state index in [0.29, 0.717) is 5.69 Å². The first kappa shape index (κ1) is 22.1. The molecule has 6 nitrogen and oxygen atoms in total. The Morgan fingerprint density at radius 1 is 0.938 bits per heavy atom. The highest BCUT2D eigenvalue weighted by atomic mass is 16.5. The van der Waals surface area contributed by atoms with Crippen molar-refractivity contribution in [3.05, 3.63) is 83.7 Å². The van der Waals surface area contributed by atoms with Crippen LogP contribution in [0, 0.1) is 0 Å². The smallest absolute Gasteiger partial charge is 0.274 e. The van der Waals surface area contributed by atoms with Crippen LogP contribution in [-0.2, 0) is 18.7 Å². The zero-order valence-corrected chi connectivity index (χ0v) is 19.2. The number of aromatic nitrogens is 2. The van der Waals surface area contributed by atoms with E-state index in [2.05, 4.69) is 67.2 Å². The van der Waals surface area contributed by atoms with Crippen molar-refractivity contribution in [3.8, 4) is 5.75 Å². The first-order chi connectivity index (χ1) is 15.4. The Morgan fingerprint density at radius 2 is 1.62 bits per heavy atom. The van der Waals surface area contributed by atoms with Gasteiger partial charge < -0.3 is 9.64 Å². The summed E-state index contributed by atoms with van der Waals surface area (Å²) in [5, 5.41) is 4.43. The van der Waals surface area contributed by atoms with Crippen molar-refractivity contribution in [1.82, 2.24) is 19.6 Å². The molecule has 1 saturated heterocycles. The molecule has 0 unspecified atom stereocenters. The summed E-state index contributed by atoms with van der Waals surface area (Å²) in [6.45, 7) is 10.9. The summed E-state index contributed by atoms with van der Waals surface area (Å²) in [7, 11) is 0. The fourth-order valence-corrected chi connectivity index (χ4v) is 3.85. The minimum Gasteiger partial charge on any atom is -0.471 e. The van der Waals surface area contributed by atoms with Crippen molar-refractivity contribution in [1.29, 1.82) is 0 Å². The lowest BCUT2D eigenvalue weighted by Crippen LogP contribution is -2.48. The minimum absolute atomic E-state index is 0.0161. The lowest BCUT2D eigenvalue weighted by Gasteiger charge is -2.34. The van der Waals surface area contributed by atoms with E-state index < -0.39 is 0 Å². The fourth-order valence-electron chi connectivity index (χ4n) is 3.85. The molecule has 0 radical (unpaired) electrons. The SMILES string of the molecule is CC(C)(C)c1ccc(OCn2ccc(C(=O)N3CCN(Cc4ccccc4)CC3)n2)cc1. The highest BCUT2D eigenvalue weighted by molar-refractivity contribution is 5.92. The van der Waals surface area contributed by atoms with Gasteiger partial charge >= 0.3 is 0 Å². The Labute approximate surface area is 190 Å². The van der Waals surface area contributed by atoms with Crippen molar-refractivity contribution in [2.24, 2.45) is 0 Å². The van der Waals surface area contributed by atoms with E-state index in [4.69, 9.17) is 4.74 Å². The van der Waals surface area contributed by atoms with Crippen LogP contribution >= 0.6 is 0 Å². The lowest BCUT2D eigenvalue weighted by atomic mass is 9.87. The number of ether oxygens (including phenoxy) is 1. The lowest BCUT2D eigenvalue weighted by molar-refractivity contribution is 0.0621. The van der Waals surface area contributed by atoms with Crippen molar-refractivity contribution in [2.45, 2.75) is 39.5 Å². The van der Waals surface area contributed by atoms with Gasteiger partial charge in [-0.25, -0.2) is 4.68 Å². The number of benzene rings is 2. The molecule has 1 amide bonds. The minimum atomic E-state index is -0.0161. The second kappa shape index (κ2) is 9.57. The summed E-state index contributed by atoms with van der Waals surface area (Å²) >= 11 is 0. The molecule has 0 aliphatic carbocycles. The maximum absolute atomic E-state index is 12.9. The van der Waals surface area contributed by atoms with E-state index in [0.717, 1.165) is 38.5 Å². The van der Waals surface area contributed by atoms with E-state index in [1.165, 1.54) is 11.1 Å². The Bertz CT molecular complexity index is 1010. The first-order valence-corrected chi connectivity index (χ1v) is 11.2. The maximum atomic E-state index is 12.9. The Balaban J connectivity index is 1.26. The van der Waals surface area contributed by atoms with Crippen LogP contribution in [0.2, 0.25) is 0 Å². The molecule has 32 heavy (non-hydrogen) atoms. The van der Waals surface area contributed by atoms with Crippen molar-refractivity contribution >= 4 is 5.91 Å². The van der Waals surface area contributed by atoms with Gasteiger partial charge in [0.25, 0.3) is 5.91 Å². The van der Waals surface area contributed by atoms with Crippen LogP contribution in [0.3, 0.4) is 0 Å². The molecule has 1 aromatic heterocycles. The molecule has 0 bridgehead atoms. The molecule has 0 atom stereocenters. The van der Waals surface area contributed by atoms with Crippen molar-refractivity contribution in [2.75, 3.05) is 26.2 Å². The predicted octanol–water partition coefficient (Wildman–Crippen LogP) is 4.18. The Morgan fingerprint density at radius 3 is 2.28 bits per heavy atom. The topological polar surface area (TPSA) is 50.6 Å². The van der Waals surface area contributed by atoms with Crippen LogP contribution in [0.1, 0.15) is 42.4 Å². The molecule has 0 saturated carbocycles. The van der Waals surface area contributed by atoms with Gasteiger partial charge in [0.05, 0.1) is 0 Å². The molecule has 1 aliphatic rings. The van der Waals surface area contributed by atoms with Crippen molar-refractivity contribution < 1.29 is 9.53 Å². The third-order valence-corrected chi connectivity index (χ3v) is 5.85. The fraction of sp³-hybridized carbons (Fsp3) is 0.385. The number of nitrogens with zero attached hydrogens (tertiary/aromatic N) is 4. The average molecular weight is 433 g/mol. The van der Waals surface area contributed by atoms with Gasteiger partial charge in [-0.3, -0.25) is 9.69 Å². The molecular weight excluding hydrogens is 400 g/mol. The molecule has 6 heteroatoms. The maximum Gasteiger partial charge on any atom is 0.274 e. The molecule has 3 aromatic rings. The van der Waals surface area contributed by atoms with Crippen LogP contribution < -0.4 is 4.74 Å². The third-order valence-electron chi connectivity index (χ3n) is 5.85. The van der Waals surface area contributed by atoms with Crippen LogP contribution in [0.15, 0.2) is 66.9 Å². The number of carbonyl (C=O) groups is 1. The first-order valence-electron chi connectivity index (χ1n) is 11.2. The second-order valence-corrected chi connectivity index (χ2v) is 9.34. The highest BCUT2D eigenvalue weighted by Gasteiger charge is 2.23. The number of hydrogen-bond donors (Lipinski definition) is 0. The predicted molar refractivity (Wildman–Crippen MR) is 126 cm³/mol. The van der Waals surface area contributed by atoms with Gasteiger partial charge in [0.2, 0.25) is 0 Å². The van der Waals surface area contributed by atoms with Crippen molar-refractivity contribution in [3.63, 3.8) is 0 Å². The summed E-state index contributed by atoms with van der Waals surface area (Å²) in [5.74, 6) is 0.772. The quantitative estimate of drug-likeness (QED) is 0.587. The largest absolute Gasteiger partial charge is 0.471 e. The monoisotopic (exact) mass is 432 g/mol. The zero-order chi connectivity index (χ0) is 22.6. The van der Waals surface area contributed by atoms with Crippen LogP contribution in [-0.4, -0.2) is 51.7 Å². The van der Waals surface area contributed by atoms with Gasteiger partial charge in [0, 0.05) is 38.9 Å².